The van der Waals surface area contributed by atoms with Crippen molar-refractivity contribution in [2.75, 3.05) is 16.4 Å². The third kappa shape index (κ3) is 4.96. The summed E-state index contributed by atoms with van der Waals surface area (Å²) in [4.78, 5) is 17.5. The maximum Gasteiger partial charge on any atom is 0.416 e. The van der Waals surface area contributed by atoms with Crippen molar-refractivity contribution in [1.82, 2.24) is 15.0 Å². The molecule has 3 heterocycles. The molecular formula is C29H22F3N7. The highest BCUT2D eigenvalue weighted by molar-refractivity contribution is 6.04. The lowest BCUT2D eigenvalue weighted by molar-refractivity contribution is -0.137. The number of halogens is 3. The van der Waals surface area contributed by atoms with Gasteiger partial charge in [-0.05, 0) is 41.5 Å². The Balaban J connectivity index is 1.35. The minimum absolute atomic E-state index is 0.190. The van der Waals surface area contributed by atoms with Gasteiger partial charge >= 0.3 is 6.18 Å². The number of fused-ring (bicyclic) bond motifs is 2. The lowest BCUT2D eigenvalue weighted by Crippen LogP contribution is -2.15. The molecule has 0 saturated carbocycles. The van der Waals surface area contributed by atoms with Crippen LogP contribution in [0, 0.1) is 0 Å². The van der Waals surface area contributed by atoms with E-state index in [9.17, 15) is 13.2 Å². The third-order valence-electron chi connectivity index (χ3n) is 6.55. The Bertz CT molecular complexity index is 1700. The average Bonchev–Trinajstić information content (AvgIpc) is 3.14. The smallest absolute Gasteiger partial charge is 0.382 e. The highest BCUT2D eigenvalue weighted by Crippen LogP contribution is 2.38. The number of hydrogen-bond donors (Lipinski definition) is 3. The van der Waals surface area contributed by atoms with E-state index in [4.69, 9.17) is 10.7 Å². The molecule has 0 amide bonds. The predicted molar refractivity (Wildman–Crippen MR) is 147 cm³/mol. The van der Waals surface area contributed by atoms with Gasteiger partial charge < -0.3 is 16.4 Å². The number of hydrogen-bond acceptors (Lipinski definition) is 7. The van der Waals surface area contributed by atoms with Crippen LogP contribution < -0.4 is 16.4 Å². The Morgan fingerprint density at radius 1 is 0.897 bits per heavy atom. The van der Waals surface area contributed by atoms with E-state index in [2.05, 4.69) is 25.6 Å². The number of nitrogens with two attached hydrogens (primary N) is 1. The second kappa shape index (κ2) is 9.71. The molecular weight excluding hydrogens is 503 g/mol. The summed E-state index contributed by atoms with van der Waals surface area (Å²) >= 11 is 0. The maximum absolute atomic E-state index is 13.2. The Morgan fingerprint density at radius 2 is 1.74 bits per heavy atom. The fourth-order valence-electron chi connectivity index (χ4n) is 4.63. The second-order valence-corrected chi connectivity index (χ2v) is 9.12. The maximum atomic E-state index is 13.2. The van der Waals surface area contributed by atoms with Crippen molar-refractivity contribution in [2.45, 2.75) is 18.6 Å². The largest absolute Gasteiger partial charge is 0.416 e. The van der Waals surface area contributed by atoms with Crippen molar-refractivity contribution in [1.29, 1.82) is 0 Å². The number of anilines is 4. The van der Waals surface area contributed by atoms with E-state index in [1.807, 2.05) is 54.6 Å². The number of nitrogens with one attached hydrogen (secondary N) is 2. The molecule has 0 spiro atoms. The molecule has 3 aromatic carbocycles. The van der Waals surface area contributed by atoms with Gasteiger partial charge in [0.1, 0.15) is 12.0 Å². The van der Waals surface area contributed by atoms with Gasteiger partial charge in [0.25, 0.3) is 0 Å². The van der Waals surface area contributed by atoms with Gasteiger partial charge in [0.15, 0.2) is 11.6 Å². The van der Waals surface area contributed by atoms with Crippen LogP contribution in [0.3, 0.4) is 0 Å². The molecule has 194 valence electrons. The number of alkyl halides is 3. The van der Waals surface area contributed by atoms with Gasteiger partial charge in [0.05, 0.1) is 22.8 Å². The summed E-state index contributed by atoms with van der Waals surface area (Å²) in [5.74, 6) is 0.827. The molecule has 4 N–H and O–H groups in total. The molecule has 1 aliphatic heterocycles. The lowest BCUT2D eigenvalue weighted by Gasteiger charge is -2.20. The molecule has 39 heavy (non-hydrogen) atoms. The van der Waals surface area contributed by atoms with Crippen molar-refractivity contribution in [3.63, 3.8) is 0 Å². The first-order chi connectivity index (χ1) is 18.8. The predicted octanol–water partition coefficient (Wildman–Crippen LogP) is 7.05. The second-order valence-electron chi connectivity index (χ2n) is 9.12. The summed E-state index contributed by atoms with van der Waals surface area (Å²) in [6.45, 7) is 0. The molecule has 6 rings (SSSR count). The molecule has 0 saturated heterocycles. The summed E-state index contributed by atoms with van der Waals surface area (Å²) in [5.41, 5.74) is 10.4. The quantitative estimate of drug-likeness (QED) is 0.233. The summed E-state index contributed by atoms with van der Waals surface area (Å²) in [5, 5.41) is 7.40. The van der Waals surface area contributed by atoms with E-state index in [0.717, 1.165) is 34.7 Å². The van der Waals surface area contributed by atoms with Crippen LogP contribution in [0.1, 0.15) is 29.2 Å². The molecule has 10 heteroatoms. The monoisotopic (exact) mass is 525 g/mol. The Morgan fingerprint density at radius 3 is 2.56 bits per heavy atom. The number of rotatable bonds is 4. The molecule has 5 aromatic rings. The summed E-state index contributed by atoms with van der Waals surface area (Å²) < 4.78 is 39.6. The van der Waals surface area contributed by atoms with Crippen LogP contribution in [-0.2, 0) is 6.18 Å². The van der Waals surface area contributed by atoms with Crippen LogP contribution in [-0.4, -0.2) is 20.7 Å². The van der Waals surface area contributed by atoms with Crippen LogP contribution in [0.5, 0.6) is 0 Å². The molecule has 0 radical (unpaired) electrons. The van der Waals surface area contributed by atoms with Crippen molar-refractivity contribution >= 4 is 45.3 Å². The first kappa shape index (κ1) is 24.4. The van der Waals surface area contributed by atoms with E-state index < -0.39 is 11.7 Å². The summed E-state index contributed by atoms with van der Waals surface area (Å²) in [6, 6.07) is 22.8. The highest BCUT2D eigenvalue weighted by atomic mass is 19.4. The van der Waals surface area contributed by atoms with Gasteiger partial charge in [-0.3, -0.25) is 4.98 Å². The molecule has 2 aromatic heterocycles. The molecule has 1 unspecified atom stereocenters. The average molecular weight is 526 g/mol. The van der Waals surface area contributed by atoms with Gasteiger partial charge in [-0.25, -0.2) is 15.0 Å². The van der Waals surface area contributed by atoms with Crippen molar-refractivity contribution in [3.8, 4) is 0 Å². The normalized spacial score (nSPS) is 15.2. The number of aromatic nitrogens is 3. The molecule has 1 atom stereocenters. The number of aliphatic imine (C=N–C) groups is 1. The fraction of sp³-hybridized carbons (Fsp3) is 0.103. The Hall–Kier alpha value is -4.99. The van der Waals surface area contributed by atoms with E-state index in [-0.39, 0.29) is 17.4 Å². The van der Waals surface area contributed by atoms with Gasteiger partial charge in [0, 0.05) is 29.4 Å². The zero-order valence-electron chi connectivity index (χ0n) is 20.4. The van der Waals surface area contributed by atoms with Crippen LogP contribution >= 0.6 is 0 Å². The van der Waals surface area contributed by atoms with Crippen molar-refractivity contribution in [2.24, 2.45) is 4.99 Å². The minimum atomic E-state index is -4.44. The molecule has 0 bridgehead atoms. The van der Waals surface area contributed by atoms with E-state index in [0.29, 0.717) is 29.0 Å². The molecule has 0 fully saturated rings. The van der Waals surface area contributed by atoms with Crippen molar-refractivity contribution < 1.29 is 13.2 Å². The number of nitrogens with zero attached hydrogens (tertiary/aromatic N) is 4. The third-order valence-corrected chi connectivity index (χ3v) is 6.55. The lowest BCUT2D eigenvalue weighted by atomic mass is 9.97. The first-order valence-corrected chi connectivity index (χ1v) is 12.2. The van der Waals surface area contributed by atoms with E-state index >= 15 is 0 Å². The van der Waals surface area contributed by atoms with E-state index in [1.54, 1.807) is 6.07 Å². The summed E-state index contributed by atoms with van der Waals surface area (Å²) in [7, 11) is 0. The molecule has 0 aliphatic carbocycles. The van der Waals surface area contributed by atoms with Gasteiger partial charge in [-0.15, -0.1) is 0 Å². The standard InChI is InChI=1S/C29H22F3N7/c30-29(31,32)19-9-10-21-22(11-12-34-25(21)14-19)37-20-8-4-7-18(13-20)24-15-23(17-5-2-1-3-6-17)38-26-27(33)35-16-36-28(26)39-24/h1-14,16,24H,15H2,(H,34,37)(H3,33,35,36,39). The van der Waals surface area contributed by atoms with Crippen LogP contribution in [0.25, 0.3) is 10.9 Å². The van der Waals surface area contributed by atoms with Crippen LogP contribution in [0.4, 0.5) is 41.9 Å². The Kier molecular flexibility index (Phi) is 6.07. The van der Waals surface area contributed by atoms with Crippen molar-refractivity contribution in [3.05, 3.63) is 108 Å². The first-order valence-electron chi connectivity index (χ1n) is 12.2. The molecule has 1 aliphatic rings. The highest BCUT2D eigenvalue weighted by Gasteiger charge is 2.30. The fourth-order valence-corrected chi connectivity index (χ4v) is 4.63. The zero-order valence-corrected chi connectivity index (χ0v) is 20.4. The molecule has 7 nitrogen and oxygen atoms in total. The minimum Gasteiger partial charge on any atom is -0.382 e. The zero-order chi connectivity index (χ0) is 27.0. The van der Waals surface area contributed by atoms with Crippen LogP contribution in [0.2, 0.25) is 0 Å². The number of pyridine rings is 1. The number of nitrogen functional groups attached to an aromatic ring is 1. The SMILES string of the molecule is Nc1ncnc2c1N=C(c1ccccc1)CC(c1cccc(Nc3ccnc4cc(C(F)(F)F)ccc34)c1)N2. The van der Waals surface area contributed by atoms with Gasteiger partial charge in [-0.1, -0.05) is 48.5 Å². The van der Waals surface area contributed by atoms with E-state index in [1.165, 1.54) is 18.6 Å². The van der Waals surface area contributed by atoms with Gasteiger partial charge in [0.2, 0.25) is 0 Å². The van der Waals surface area contributed by atoms with Crippen LogP contribution in [0.15, 0.2) is 96.4 Å². The number of benzene rings is 3. The topological polar surface area (TPSA) is 101 Å². The van der Waals surface area contributed by atoms with Gasteiger partial charge in [-0.2, -0.15) is 13.2 Å². The summed E-state index contributed by atoms with van der Waals surface area (Å²) in [6.07, 6.45) is -0.986. The Labute approximate surface area is 221 Å².